The topological polar surface area (TPSA) is 103 Å². The largest absolute Gasteiger partial charge is 0.355 e. The Balaban J connectivity index is 1.35. The van der Waals surface area contributed by atoms with Crippen molar-refractivity contribution in [3.05, 3.63) is 17.5 Å². The maximum atomic E-state index is 11.9. The average Bonchev–Trinajstić information content (AvgIpc) is 3.15. The highest BCUT2D eigenvalue weighted by molar-refractivity contribution is 7.99. The number of nitrogens with zero attached hydrogens (tertiary/aromatic N) is 6. The van der Waals surface area contributed by atoms with Gasteiger partial charge in [0.05, 0.1) is 17.9 Å². The van der Waals surface area contributed by atoms with Crippen molar-refractivity contribution in [1.29, 1.82) is 0 Å². The van der Waals surface area contributed by atoms with Crippen molar-refractivity contribution in [2.24, 2.45) is 7.05 Å². The van der Waals surface area contributed by atoms with E-state index in [0.29, 0.717) is 19.4 Å². The fourth-order valence-electron chi connectivity index (χ4n) is 2.38. The molecule has 0 atom stereocenters. The first-order valence-electron chi connectivity index (χ1n) is 7.60. The number of thioether (sulfide) groups is 1. The van der Waals surface area contributed by atoms with E-state index in [2.05, 4.69) is 37.3 Å². The number of aromatic nitrogens is 6. The summed E-state index contributed by atoms with van der Waals surface area (Å²) in [6.07, 6.45) is 1.13. The van der Waals surface area contributed by atoms with Crippen LogP contribution >= 0.6 is 11.8 Å². The minimum absolute atomic E-state index is 0.0470. The second kappa shape index (κ2) is 7.55. The van der Waals surface area contributed by atoms with Crippen LogP contribution < -0.4 is 10.6 Å². The molecule has 3 heterocycles. The van der Waals surface area contributed by atoms with Gasteiger partial charge < -0.3 is 10.6 Å². The first-order valence-corrected chi connectivity index (χ1v) is 8.59. The number of fused-ring (bicyclic) bond motifs is 1. The zero-order valence-electron chi connectivity index (χ0n) is 13.0. The van der Waals surface area contributed by atoms with Crippen LogP contribution in [0.25, 0.3) is 0 Å². The summed E-state index contributed by atoms with van der Waals surface area (Å²) in [5.74, 6) is 0.787. The lowest BCUT2D eigenvalue weighted by atomic mass is 10.2. The molecule has 0 saturated carbocycles. The summed E-state index contributed by atoms with van der Waals surface area (Å²) < 4.78 is 3.64. The molecule has 1 aliphatic heterocycles. The van der Waals surface area contributed by atoms with Gasteiger partial charge in [0.25, 0.3) is 0 Å². The van der Waals surface area contributed by atoms with Crippen LogP contribution in [-0.4, -0.2) is 54.7 Å². The minimum Gasteiger partial charge on any atom is -0.355 e. The van der Waals surface area contributed by atoms with Crippen LogP contribution in [0, 0.1) is 0 Å². The van der Waals surface area contributed by atoms with Gasteiger partial charge in [-0.1, -0.05) is 11.8 Å². The van der Waals surface area contributed by atoms with Gasteiger partial charge >= 0.3 is 0 Å². The lowest BCUT2D eigenvalue weighted by molar-refractivity contribution is -0.120. The van der Waals surface area contributed by atoms with Crippen LogP contribution in [0.3, 0.4) is 0 Å². The zero-order valence-corrected chi connectivity index (χ0v) is 13.8. The third-order valence-electron chi connectivity index (χ3n) is 3.57. The molecule has 0 radical (unpaired) electrons. The van der Waals surface area contributed by atoms with E-state index < -0.39 is 0 Å². The highest BCUT2D eigenvalue weighted by atomic mass is 32.2. The second-order valence-electron chi connectivity index (χ2n) is 5.31. The van der Waals surface area contributed by atoms with Gasteiger partial charge in [-0.3, -0.25) is 9.48 Å². The molecule has 1 amide bonds. The molecule has 0 unspecified atom stereocenters. The molecule has 3 rings (SSSR count). The number of tetrazole rings is 1. The summed E-state index contributed by atoms with van der Waals surface area (Å²) in [4.78, 5) is 11.9. The SMILES string of the molecule is Cn1nnnc1SCCNC(=O)CCc1cc2n(n1)CCNC2. The Bertz CT molecular complexity index is 643. The Morgan fingerprint density at radius 3 is 3.22 bits per heavy atom. The standard InChI is InChI=1S/C13H20N8OS/c1-20-13(16-18-19-20)23-7-5-15-12(22)3-2-10-8-11-9-14-4-6-21(11)17-10/h8,14H,2-7,9H2,1H3,(H,15,22). The third kappa shape index (κ3) is 4.29. The maximum Gasteiger partial charge on any atom is 0.220 e. The predicted molar refractivity (Wildman–Crippen MR) is 84.8 cm³/mol. The van der Waals surface area contributed by atoms with E-state index in [-0.39, 0.29) is 5.91 Å². The summed E-state index contributed by atoms with van der Waals surface area (Å²) in [6, 6.07) is 2.08. The van der Waals surface area contributed by atoms with E-state index in [1.165, 1.54) is 17.5 Å². The lowest BCUT2D eigenvalue weighted by Crippen LogP contribution is -2.28. The molecular formula is C13H20N8OS. The van der Waals surface area contributed by atoms with E-state index in [0.717, 1.165) is 36.2 Å². The summed E-state index contributed by atoms with van der Waals surface area (Å²) in [7, 11) is 1.79. The quantitative estimate of drug-likeness (QED) is 0.512. The Hall–Kier alpha value is -1.94. The second-order valence-corrected chi connectivity index (χ2v) is 6.37. The zero-order chi connectivity index (χ0) is 16.1. The molecule has 2 aromatic rings. The van der Waals surface area contributed by atoms with E-state index >= 15 is 0 Å². The predicted octanol–water partition coefficient (Wildman–Crippen LogP) is -0.649. The monoisotopic (exact) mass is 336 g/mol. The fraction of sp³-hybridized carbons (Fsp3) is 0.615. The molecule has 10 heteroatoms. The molecule has 0 spiro atoms. The molecule has 0 aromatic carbocycles. The number of carbonyl (C=O) groups is 1. The molecule has 1 aliphatic rings. The van der Waals surface area contributed by atoms with Gasteiger partial charge in [0.15, 0.2) is 0 Å². The molecule has 23 heavy (non-hydrogen) atoms. The number of hydrogen-bond acceptors (Lipinski definition) is 7. The van der Waals surface area contributed by atoms with Crippen molar-refractivity contribution < 1.29 is 4.79 Å². The number of carbonyl (C=O) groups excluding carboxylic acids is 1. The van der Waals surface area contributed by atoms with Crippen molar-refractivity contribution in [2.45, 2.75) is 31.1 Å². The Morgan fingerprint density at radius 1 is 1.52 bits per heavy atom. The van der Waals surface area contributed by atoms with Crippen molar-refractivity contribution in [3.63, 3.8) is 0 Å². The summed E-state index contributed by atoms with van der Waals surface area (Å²) in [6.45, 7) is 3.30. The smallest absolute Gasteiger partial charge is 0.220 e. The molecular weight excluding hydrogens is 316 g/mol. The summed E-state index contributed by atoms with van der Waals surface area (Å²) >= 11 is 1.52. The van der Waals surface area contributed by atoms with Gasteiger partial charge in [0, 0.05) is 45.3 Å². The van der Waals surface area contributed by atoms with Gasteiger partial charge in [0.1, 0.15) is 0 Å². The summed E-state index contributed by atoms with van der Waals surface area (Å²) in [5, 5.41) is 22.7. The normalized spacial score (nSPS) is 13.8. The molecule has 0 bridgehead atoms. The first kappa shape index (κ1) is 15.9. The van der Waals surface area contributed by atoms with Crippen LogP contribution in [-0.2, 0) is 31.4 Å². The molecule has 0 fully saturated rings. The maximum absolute atomic E-state index is 11.9. The molecule has 0 aliphatic carbocycles. The van der Waals surface area contributed by atoms with E-state index in [1.54, 1.807) is 11.7 Å². The Labute approximate surface area is 138 Å². The molecule has 124 valence electrons. The highest BCUT2D eigenvalue weighted by Crippen LogP contribution is 2.11. The van der Waals surface area contributed by atoms with Gasteiger partial charge in [-0.2, -0.15) is 5.10 Å². The van der Waals surface area contributed by atoms with Gasteiger partial charge in [-0.05, 0) is 16.5 Å². The first-order chi connectivity index (χ1) is 11.2. The molecule has 2 N–H and O–H groups in total. The van der Waals surface area contributed by atoms with Crippen LogP contribution in [0.1, 0.15) is 17.8 Å². The van der Waals surface area contributed by atoms with Crippen LogP contribution in [0.15, 0.2) is 11.2 Å². The van der Waals surface area contributed by atoms with Crippen LogP contribution in [0.4, 0.5) is 0 Å². The minimum atomic E-state index is 0.0470. The number of rotatable bonds is 7. The highest BCUT2D eigenvalue weighted by Gasteiger charge is 2.12. The Kier molecular flexibility index (Phi) is 5.23. The Morgan fingerprint density at radius 2 is 2.43 bits per heavy atom. The number of amides is 1. The molecule has 0 saturated heterocycles. The van der Waals surface area contributed by atoms with Crippen LogP contribution in [0.5, 0.6) is 0 Å². The van der Waals surface area contributed by atoms with E-state index in [1.807, 2.05) is 4.68 Å². The van der Waals surface area contributed by atoms with Crippen molar-refractivity contribution in [3.8, 4) is 0 Å². The van der Waals surface area contributed by atoms with Gasteiger partial charge in [0.2, 0.25) is 11.1 Å². The summed E-state index contributed by atoms with van der Waals surface area (Å²) in [5.41, 5.74) is 2.18. The van der Waals surface area contributed by atoms with Crippen molar-refractivity contribution in [1.82, 2.24) is 40.6 Å². The van der Waals surface area contributed by atoms with Gasteiger partial charge in [-0.25, -0.2) is 4.68 Å². The van der Waals surface area contributed by atoms with Crippen molar-refractivity contribution >= 4 is 17.7 Å². The number of hydrogen-bond donors (Lipinski definition) is 2. The number of nitrogens with one attached hydrogen (secondary N) is 2. The van der Waals surface area contributed by atoms with E-state index in [9.17, 15) is 4.79 Å². The molecule has 9 nitrogen and oxygen atoms in total. The van der Waals surface area contributed by atoms with Crippen molar-refractivity contribution in [2.75, 3.05) is 18.8 Å². The average molecular weight is 336 g/mol. The van der Waals surface area contributed by atoms with Gasteiger partial charge in [-0.15, -0.1) is 5.10 Å². The van der Waals surface area contributed by atoms with E-state index in [4.69, 9.17) is 0 Å². The third-order valence-corrected chi connectivity index (χ3v) is 4.58. The van der Waals surface area contributed by atoms with Crippen LogP contribution in [0.2, 0.25) is 0 Å². The lowest BCUT2D eigenvalue weighted by Gasteiger charge is -2.13. The molecule has 2 aromatic heterocycles. The fourth-order valence-corrected chi connectivity index (χ4v) is 3.09. The number of aryl methyl sites for hydroxylation is 2.